The SMILES string of the molecule is O=c1cc(NCc2ccc(Cl)c(Cl)c2)[nH]c(=O)n1CCOCCN1CCOCC1. The average Bonchev–Trinajstić information content (AvgIpc) is 2.71. The molecule has 0 aliphatic carbocycles. The summed E-state index contributed by atoms with van der Waals surface area (Å²) in [7, 11) is 0. The quantitative estimate of drug-likeness (QED) is 0.575. The molecule has 1 aromatic heterocycles. The fourth-order valence-corrected chi connectivity index (χ4v) is 3.27. The Balaban J connectivity index is 1.47. The van der Waals surface area contributed by atoms with E-state index in [1.165, 1.54) is 6.07 Å². The third-order valence-corrected chi connectivity index (χ3v) is 5.34. The summed E-state index contributed by atoms with van der Waals surface area (Å²) in [5.74, 6) is 0.343. The summed E-state index contributed by atoms with van der Waals surface area (Å²) in [5, 5.41) is 3.93. The Labute approximate surface area is 178 Å². The van der Waals surface area contributed by atoms with Crippen molar-refractivity contribution < 1.29 is 9.47 Å². The Kier molecular flexibility index (Phi) is 8.14. The Bertz CT molecular complexity index is 894. The van der Waals surface area contributed by atoms with Gasteiger partial charge in [-0.05, 0) is 17.7 Å². The molecule has 0 amide bonds. The Morgan fingerprint density at radius 3 is 2.55 bits per heavy atom. The van der Waals surface area contributed by atoms with Gasteiger partial charge in [0.2, 0.25) is 0 Å². The Morgan fingerprint density at radius 1 is 1.07 bits per heavy atom. The predicted molar refractivity (Wildman–Crippen MR) is 113 cm³/mol. The van der Waals surface area contributed by atoms with Crippen LogP contribution in [0, 0.1) is 0 Å². The van der Waals surface area contributed by atoms with Gasteiger partial charge in [-0.2, -0.15) is 0 Å². The maximum atomic E-state index is 12.3. The van der Waals surface area contributed by atoms with E-state index in [1.807, 2.05) is 6.07 Å². The van der Waals surface area contributed by atoms with Crippen LogP contribution >= 0.6 is 23.2 Å². The normalized spacial score (nSPS) is 14.8. The summed E-state index contributed by atoms with van der Waals surface area (Å²) in [4.78, 5) is 29.4. The van der Waals surface area contributed by atoms with Crippen molar-refractivity contribution in [1.82, 2.24) is 14.5 Å². The van der Waals surface area contributed by atoms with Gasteiger partial charge in [0.15, 0.2) is 0 Å². The van der Waals surface area contributed by atoms with Crippen LogP contribution in [0.3, 0.4) is 0 Å². The second-order valence-corrected chi connectivity index (χ2v) is 7.46. The molecule has 1 saturated heterocycles. The van der Waals surface area contributed by atoms with E-state index in [-0.39, 0.29) is 12.1 Å². The van der Waals surface area contributed by atoms with E-state index in [2.05, 4.69) is 15.2 Å². The third kappa shape index (κ3) is 6.58. The number of aromatic amines is 1. The number of rotatable bonds is 9. The molecule has 158 valence electrons. The number of ether oxygens (including phenoxy) is 2. The lowest BCUT2D eigenvalue weighted by Gasteiger charge is -2.26. The fourth-order valence-electron chi connectivity index (χ4n) is 2.95. The third-order valence-electron chi connectivity index (χ3n) is 4.60. The van der Waals surface area contributed by atoms with Gasteiger partial charge < -0.3 is 14.8 Å². The van der Waals surface area contributed by atoms with E-state index in [0.29, 0.717) is 35.6 Å². The van der Waals surface area contributed by atoms with Gasteiger partial charge in [-0.25, -0.2) is 4.79 Å². The van der Waals surface area contributed by atoms with Crippen molar-refractivity contribution in [2.75, 3.05) is 51.4 Å². The molecule has 0 atom stereocenters. The standard InChI is InChI=1S/C19H24Cl2N4O4/c20-15-2-1-14(11-16(15)21)13-22-17-12-18(26)25(19(27)23-17)6-10-29-9-5-24-3-7-28-8-4-24/h1-2,11-12,22H,3-10,13H2,(H,23,27). The predicted octanol–water partition coefficient (Wildman–Crippen LogP) is 1.80. The summed E-state index contributed by atoms with van der Waals surface area (Å²) >= 11 is 11.9. The van der Waals surface area contributed by atoms with E-state index in [1.54, 1.807) is 12.1 Å². The second kappa shape index (κ2) is 10.8. The molecule has 2 aromatic rings. The van der Waals surface area contributed by atoms with Crippen molar-refractivity contribution in [3.05, 3.63) is 60.7 Å². The number of hydrogen-bond acceptors (Lipinski definition) is 6. The maximum absolute atomic E-state index is 12.3. The van der Waals surface area contributed by atoms with Gasteiger partial charge in [-0.15, -0.1) is 0 Å². The zero-order valence-corrected chi connectivity index (χ0v) is 17.5. The fraction of sp³-hybridized carbons (Fsp3) is 0.474. The van der Waals surface area contributed by atoms with Crippen LogP contribution in [-0.4, -0.2) is 60.5 Å². The Morgan fingerprint density at radius 2 is 1.83 bits per heavy atom. The first-order valence-electron chi connectivity index (χ1n) is 9.43. The minimum atomic E-state index is -0.481. The van der Waals surface area contributed by atoms with Gasteiger partial charge in [0.1, 0.15) is 5.82 Å². The van der Waals surface area contributed by atoms with Crippen LogP contribution in [0.25, 0.3) is 0 Å². The number of nitrogens with one attached hydrogen (secondary N) is 2. The van der Waals surface area contributed by atoms with Gasteiger partial charge in [0.25, 0.3) is 5.56 Å². The van der Waals surface area contributed by atoms with Crippen molar-refractivity contribution in [2.24, 2.45) is 0 Å². The van der Waals surface area contributed by atoms with Gasteiger partial charge in [-0.1, -0.05) is 29.3 Å². The van der Waals surface area contributed by atoms with Crippen molar-refractivity contribution in [3.63, 3.8) is 0 Å². The Hall–Kier alpha value is -1.84. The first-order valence-corrected chi connectivity index (χ1v) is 10.2. The molecular weight excluding hydrogens is 419 g/mol. The maximum Gasteiger partial charge on any atom is 0.329 e. The number of aromatic nitrogens is 2. The highest BCUT2D eigenvalue weighted by Gasteiger charge is 2.10. The van der Waals surface area contributed by atoms with Crippen LogP contribution in [-0.2, 0) is 22.6 Å². The lowest BCUT2D eigenvalue weighted by atomic mass is 10.2. The number of benzene rings is 1. The molecule has 0 radical (unpaired) electrons. The van der Waals surface area contributed by atoms with E-state index >= 15 is 0 Å². The van der Waals surface area contributed by atoms with Crippen LogP contribution in [0.15, 0.2) is 33.9 Å². The largest absolute Gasteiger partial charge is 0.379 e. The molecule has 2 heterocycles. The van der Waals surface area contributed by atoms with Crippen LogP contribution < -0.4 is 16.6 Å². The first kappa shape index (κ1) is 21.9. The van der Waals surface area contributed by atoms with Crippen molar-refractivity contribution in [1.29, 1.82) is 0 Å². The number of halogens is 2. The van der Waals surface area contributed by atoms with E-state index in [4.69, 9.17) is 32.7 Å². The number of anilines is 1. The van der Waals surface area contributed by atoms with Gasteiger partial charge in [-0.3, -0.25) is 19.2 Å². The van der Waals surface area contributed by atoms with Crippen molar-refractivity contribution in [2.45, 2.75) is 13.1 Å². The molecule has 1 aliphatic heterocycles. The highest BCUT2D eigenvalue weighted by atomic mass is 35.5. The summed E-state index contributed by atoms with van der Waals surface area (Å²) in [6, 6.07) is 6.59. The highest BCUT2D eigenvalue weighted by molar-refractivity contribution is 6.42. The summed E-state index contributed by atoms with van der Waals surface area (Å²) in [6.07, 6.45) is 0. The van der Waals surface area contributed by atoms with Gasteiger partial charge >= 0.3 is 5.69 Å². The minimum absolute atomic E-state index is 0.199. The lowest BCUT2D eigenvalue weighted by Crippen LogP contribution is -2.39. The smallest absolute Gasteiger partial charge is 0.329 e. The highest BCUT2D eigenvalue weighted by Crippen LogP contribution is 2.22. The molecule has 1 fully saturated rings. The molecule has 29 heavy (non-hydrogen) atoms. The summed E-state index contributed by atoms with van der Waals surface area (Å²) in [6.45, 7) is 5.54. The van der Waals surface area contributed by atoms with Crippen molar-refractivity contribution in [3.8, 4) is 0 Å². The van der Waals surface area contributed by atoms with Gasteiger partial charge in [0.05, 0.1) is 43.0 Å². The van der Waals surface area contributed by atoms with Crippen LogP contribution in [0.5, 0.6) is 0 Å². The first-order chi connectivity index (χ1) is 14.0. The molecule has 3 rings (SSSR count). The number of H-pyrrole nitrogens is 1. The zero-order valence-electron chi connectivity index (χ0n) is 16.0. The number of morpholine rings is 1. The average molecular weight is 443 g/mol. The van der Waals surface area contributed by atoms with Crippen LogP contribution in [0.2, 0.25) is 10.0 Å². The molecule has 10 heteroatoms. The topological polar surface area (TPSA) is 88.6 Å². The molecule has 1 aromatic carbocycles. The van der Waals surface area contributed by atoms with Gasteiger partial charge in [0, 0.05) is 32.2 Å². The van der Waals surface area contributed by atoms with E-state index in [9.17, 15) is 9.59 Å². The molecule has 0 spiro atoms. The summed E-state index contributed by atoms with van der Waals surface area (Å²) in [5.41, 5.74) is 0.00572. The monoisotopic (exact) mass is 442 g/mol. The molecule has 0 unspecified atom stereocenters. The molecule has 8 nitrogen and oxygen atoms in total. The minimum Gasteiger partial charge on any atom is -0.379 e. The molecule has 1 aliphatic rings. The van der Waals surface area contributed by atoms with Crippen LogP contribution in [0.1, 0.15) is 5.56 Å². The van der Waals surface area contributed by atoms with Crippen LogP contribution in [0.4, 0.5) is 5.82 Å². The summed E-state index contributed by atoms with van der Waals surface area (Å²) < 4.78 is 12.0. The molecule has 2 N–H and O–H groups in total. The number of hydrogen-bond donors (Lipinski definition) is 2. The molecular formula is C19H24Cl2N4O4. The van der Waals surface area contributed by atoms with E-state index in [0.717, 1.165) is 43.0 Å². The number of nitrogens with zero attached hydrogens (tertiary/aromatic N) is 2. The van der Waals surface area contributed by atoms with E-state index < -0.39 is 5.69 Å². The molecule has 0 saturated carbocycles. The lowest BCUT2D eigenvalue weighted by molar-refractivity contribution is 0.0194. The zero-order chi connectivity index (χ0) is 20.6. The second-order valence-electron chi connectivity index (χ2n) is 6.65. The van der Waals surface area contributed by atoms with Crippen molar-refractivity contribution >= 4 is 29.0 Å². The molecule has 0 bridgehead atoms.